The summed E-state index contributed by atoms with van der Waals surface area (Å²) in [4.78, 5) is 22.1. The van der Waals surface area contributed by atoms with E-state index in [4.69, 9.17) is 9.84 Å². The SMILES string of the molecule is CCCCOC1(C)C=CC(C(=O)O)=CC1C(=O)O. The van der Waals surface area contributed by atoms with E-state index in [1.165, 1.54) is 18.2 Å². The average Bonchev–Trinajstić information content (AvgIpc) is 2.29. The lowest BCUT2D eigenvalue weighted by molar-refractivity contribution is -0.148. The van der Waals surface area contributed by atoms with Gasteiger partial charge in [-0.2, -0.15) is 0 Å². The van der Waals surface area contributed by atoms with Crippen LogP contribution in [0.5, 0.6) is 0 Å². The van der Waals surface area contributed by atoms with Crippen LogP contribution in [-0.4, -0.2) is 34.4 Å². The van der Waals surface area contributed by atoms with Gasteiger partial charge in [-0.25, -0.2) is 4.79 Å². The van der Waals surface area contributed by atoms with E-state index in [0.29, 0.717) is 6.61 Å². The van der Waals surface area contributed by atoms with Gasteiger partial charge in [0.1, 0.15) is 11.5 Å². The monoisotopic (exact) mass is 254 g/mol. The van der Waals surface area contributed by atoms with Crippen molar-refractivity contribution in [1.29, 1.82) is 0 Å². The summed E-state index contributed by atoms with van der Waals surface area (Å²) in [5, 5.41) is 18.0. The maximum Gasteiger partial charge on any atom is 0.335 e. The maximum atomic E-state index is 11.2. The maximum absolute atomic E-state index is 11.2. The molecule has 0 saturated carbocycles. The Bertz CT molecular complexity index is 396. The molecule has 0 heterocycles. The molecule has 0 saturated heterocycles. The Kier molecular flexibility index (Phi) is 4.67. The van der Waals surface area contributed by atoms with Gasteiger partial charge >= 0.3 is 11.9 Å². The molecule has 0 aromatic carbocycles. The van der Waals surface area contributed by atoms with Gasteiger partial charge in [0.05, 0.1) is 5.57 Å². The fourth-order valence-corrected chi connectivity index (χ4v) is 1.79. The number of aliphatic carboxylic acids is 2. The molecular formula is C13H18O5. The first-order valence-electron chi connectivity index (χ1n) is 5.92. The first-order valence-corrected chi connectivity index (χ1v) is 5.92. The average molecular weight is 254 g/mol. The molecule has 5 nitrogen and oxygen atoms in total. The molecule has 0 fully saturated rings. The highest BCUT2D eigenvalue weighted by Crippen LogP contribution is 2.31. The van der Waals surface area contributed by atoms with E-state index in [2.05, 4.69) is 0 Å². The Morgan fingerprint density at radius 3 is 2.61 bits per heavy atom. The zero-order valence-electron chi connectivity index (χ0n) is 10.5. The van der Waals surface area contributed by atoms with Gasteiger partial charge in [-0.1, -0.05) is 25.5 Å². The van der Waals surface area contributed by atoms with Crippen molar-refractivity contribution in [3.63, 3.8) is 0 Å². The summed E-state index contributed by atoms with van der Waals surface area (Å²) in [5.74, 6) is -3.20. The summed E-state index contributed by atoms with van der Waals surface area (Å²) < 4.78 is 5.61. The Balaban J connectivity index is 2.90. The molecule has 0 aromatic rings. The lowest BCUT2D eigenvalue weighted by atomic mass is 9.82. The highest BCUT2D eigenvalue weighted by atomic mass is 16.5. The number of hydrogen-bond acceptors (Lipinski definition) is 3. The van der Waals surface area contributed by atoms with Crippen LogP contribution in [0.4, 0.5) is 0 Å². The lowest BCUT2D eigenvalue weighted by Crippen LogP contribution is -2.41. The standard InChI is InChI=1S/C13H18O5/c1-3-4-7-18-13(2)6-5-9(11(14)15)8-10(13)12(16)17/h5-6,8,10H,3-4,7H2,1-2H3,(H,14,15)(H,16,17). The van der Waals surface area contributed by atoms with Crippen molar-refractivity contribution in [3.05, 3.63) is 23.8 Å². The molecule has 1 aliphatic rings. The fourth-order valence-electron chi connectivity index (χ4n) is 1.79. The van der Waals surface area contributed by atoms with Crippen LogP contribution in [0.1, 0.15) is 26.7 Å². The van der Waals surface area contributed by atoms with Crippen LogP contribution in [-0.2, 0) is 14.3 Å². The first kappa shape index (κ1) is 14.4. The summed E-state index contributed by atoms with van der Waals surface area (Å²) in [6.07, 6.45) is 5.94. The third-order valence-corrected chi connectivity index (χ3v) is 2.98. The fraction of sp³-hybridized carbons (Fsp3) is 0.538. The van der Waals surface area contributed by atoms with Gasteiger partial charge in [0.2, 0.25) is 0 Å². The molecule has 0 radical (unpaired) electrons. The Labute approximate surface area is 106 Å². The van der Waals surface area contributed by atoms with Crippen molar-refractivity contribution in [2.24, 2.45) is 5.92 Å². The van der Waals surface area contributed by atoms with E-state index in [1.807, 2.05) is 6.92 Å². The van der Waals surface area contributed by atoms with Gasteiger partial charge in [-0.05, 0) is 19.4 Å². The minimum atomic E-state index is -1.13. The lowest BCUT2D eigenvalue weighted by Gasteiger charge is -2.33. The molecule has 0 amide bonds. The quantitative estimate of drug-likeness (QED) is 0.706. The molecule has 2 N–H and O–H groups in total. The van der Waals surface area contributed by atoms with E-state index in [9.17, 15) is 14.7 Å². The van der Waals surface area contributed by atoms with Crippen LogP contribution in [0.15, 0.2) is 23.8 Å². The molecule has 18 heavy (non-hydrogen) atoms. The molecule has 0 spiro atoms. The summed E-state index contributed by atoms with van der Waals surface area (Å²) in [7, 11) is 0. The number of carbonyl (C=O) groups is 2. The number of carboxylic acids is 2. The van der Waals surface area contributed by atoms with Gasteiger partial charge < -0.3 is 14.9 Å². The summed E-state index contributed by atoms with van der Waals surface area (Å²) in [6.45, 7) is 4.13. The van der Waals surface area contributed by atoms with E-state index >= 15 is 0 Å². The third-order valence-electron chi connectivity index (χ3n) is 2.98. The molecular weight excluding hydrogens is 236 g/mol. The van der Waals surface area contributed by atoms with Gasteiger partial charge in [-0.3, -0.25) is 4.79 Å². The van der Waals surface area contributed by atoms with Gasteiger partial charge in [-0.15, -0.1) is 0 Å². The summed E-state index contributed by atoms with van der Waals surface area (Å²) >= 11 is 0. The van der Waals surface area contributed by atoms with Crippen LogP contribution >= 0.6 is 0 Å². The molecule has 0 aliphatic heterocycles. The molecule has 2 unspecified atom stereocenters. The van der Waals surface area contributed by atoms with Crippen molar-refractivity contribution >= 4 is 11.9 Å². The largest absolute Gasteiger partial charge is 0.481 e. The topological polar surface area (TPSA) is 83.8 Å². The van der Waals surface area contributed by atoms with Crippen LogP contribution < -0.4 is 0 Å². The molecule has 0 aromatic heterocycles. The summed E-state index contributed by atoms with van der Waals surface area (Å²) in [5.41, 5.74) is -1.00. The normalized spacial score (nSPS) is 26.8. The summed E-state index contributed by atoms with van der Waals surface area (Å²) in [6, 6.07) is 0. The molecule has 1 aliphatic carbocycles. The van der Waals surface area contributed by atoms with Gasteiger partial charge in [0.25, 0.3) is 0 Å². The van der Waals surface area contributed by atoms with Crippen LogP contribution in [0, 0.1) is 5.92 Å². The van der Waals surface area contributed by atoms with Crippen molar-refractivity contribution in [1.82, 2.24) is 0 Å². The second-order valence-electron chi connectivity index (χ2n) is 4.46. The highest BCUT2D eigenvalue weighted by Gasteiger charge is 2.39. The number of hydrogen-bond donors (Lipinski definition) is 2. The molecule has 100 valence electrons. The van der Waals surface area contributed by atoms with Crippen molar-refractivity contribution in [2.45, 2.75) is 32.3 Å². The van der Waals surface area contributed by atoms with Gasteiger partial charge in [0, 0.05) is 6.61 Å². The molecule has 5 heteroatoms. The van der Waals surface area contributed by atoms with Crippen LogP contribution in [0.3, 0.4) is 0 Å². The predicted octanol–water partition coefficient (Wildman–Crippen LogP) is 1.84. The van der Waals surface area contributed by atoms with Gasteiger partial charge in [0.15, 0.2) is 0 Å². The van der Waals surface area contributed by atoms with Crippen molar-refractivity contribution < 1.29 is 24.5 Å². The first-order chi connectivity index (χ1) is 8.40. The Morgan fingerprint density at radius 2 is 2.11 bits per heavy atom. The Morgan fingerprint density at radius 1 is 1.44 bits per heavy atom. The second kappa shape index (κ2) is 5.82. The van der Waals surface area contributed by atoms with E-state index < -0.39 is 23.5 Å². The minimum absolute atomic E-state index is 0.0148. The van der Waals surface area contributed by atoms with Crippen LogP contribution in [0.2, 0.25) is 0 Å². The smallest absolute Gasteiger partial charge is 0.335 e. The van der Waals surface area contributed by atoms with E-state index in [-0.39, 0.29) is 5.57 Å². The number of ether oxygens (including phenoxy) is 1. The number of carboxylic acid groups (broad SMARTS) is 2. The van der Waals surface area contributed by atoms with E-state index in [0.717, 1.165) is 12.8 Å². The second-order valence-corrected chi connectivity index (χ2v) is 4.46. The minimum Gasteiger partial charge on any atom is -0.481 e. The zero-order chi connectivity index (χ0) is 13.8. The number of rotatable bonds is 6. The van der Waals surface area contributed by atoms with Crippen molar-refractivity contribution in [3.8, 4) is 0 Å². The Hall–Kier alpha value is -1.62. The number of unbranched alkanes of at least 4 members (excludes halogenated alkanes) is 1. The molecule has 0 bridgehead atoms. The molecule has 1 rings (SSSR count). The van der Waals surface area contributed by atoms with Crippen molar-refractivity contribution in [2.75, 3.05) is 6.61 Å². The zero-order valence-corrected chi connectivity index (χ0v) is 10.5. The highest BCUT2D eigenvalue weighted by molar-refractivity contribution is 5.92. The molecule has 2 atom stereocenters. The predicted molar refractivity (Wildman–Crippen MR) is 65.2 cm³/mol. The third kappa shape index (κ3) is 3.20. The van der Waals surface area contributed by atoms with Crippen LogP contribution in [0.25, 0.3) is 0 Å². The van der Waals surface area contributed by atoms with E-state index in [1.54, 1.807) is 6.92 Å².